The summed E-state index contributed by atoms with van der Waals surface area (Å²) in [6.07, 6.45) is 2.02. The Balaban J connectivity index is 1.05. The predicted octanol–water partition coefficient (Wildman–Crippen LogP) is 3.06. The molecule has 4 heterocycles. The standard InChI is InChI=1S/C26H24N2O6/c29-23(9-15-11-27-19-7-3-1-5-17(15)19)33-21-13-31-26-22(14-32-25(21)26)34-24(30)10-16-12-28-20-8-4-2-6-18(16)20/h1-8,11-12,21-22,25-28H,9-10,13-14H2/t21?,22?,25-,26-/m1/s1. The molecular weight excluding hydrogens is 436 g/mol. The third kappa shape index (κ3) is 3.85. The van der Waals surface area contributed by atoms with Gasteiger partial charge in [0.05, 0.1) is 26.1 Å². The largest absolute Gasteiger partial charge is 0.457 e. The fourth-order valence-corrected chi connectivity index (χ4v) is 4.92. The molecule has 34 heavy (non-hydrogen) atoms. The van der Waals surface area contributed by atoms with Crippen LogP contribution < -0.4 is 0 Å². The molecule has 6 rings (SSSR count). The second-order valence-corrected chi connectivity index (χ2v) is 8.73. The third-order valence-corrected chi connectivity index (χ3v) is 6.55. The molecule has 2 fully saturated rings. The van der Waals surface area contributed by atoms with E-state index >= 15 is 0 Å². The van der Waals surface area contributed by atoms with E-state index in [9.17, 15) is 9.59 Å². The van der Waals surface area contributed by atoms with Crippen LogP contribution in [0.15, 0.2) is 60.9 Å². The van der Waals surface area contributed by atoms with Crippen molar-refractivity contribution >= 4 is 33.7 Å². The molecule has 4 atom stereocenters. The van der Waals surface area contributed by atoms with Gasteiger partial charge in [-0.2, -0.15) is 0 Å². The SMILES string of the molecule is O=C(Cc1c[nH]c2ccccc12)OC1CO[C@@H]2C(OC(=O)Cc3c[nH]c4ccccc34)CO[C@H]12. The molecule has 0 aliphatic carbocycles. The number of ether oxygens (including phenoxy) is 4. The lowest BCUT2D eigenvalue weighted by Crippen LogP contribution is -2.36. The number of nitrogens with one attached hydrogen (secondary N) is 2. The van der Waals surface area contributed by atoms with Crippen LogP contribution in [0.5, 0.6) is 0 Å². The number of para-hydroxylation sites is 2. The molecule has 0 spiro atoms. The first kappa shape index (κ1) is 20.9. The Hall–Kier alpha value is -3.62. The molecule has 174 valence electrons. The Morgan fingerprint density at radius 1 is 0.735 bits per heavy atom. The van der Waals surface area contributed by atoms with Crippen LogP contribution in [-0.2, 0) is 41.4 Å². The van der Waals surface area contributed by atoms with Crippen LogP contribution in [0.1, 0.15) is 11.1 Å². The maximum Gasteiger partial charge on any atom is 0.310 e. The van der Waals surface area contributed by atoms with Gasteiger partial charge in [0, 0.05) is 34.2 Å². The molecule has 0 amide bonds. The van der Waals surface area contributed by atoms with E-state index in [-0.39, 0.29) is 38.0 Å². The van der Waals surface area contributed by atoms with Gasteiger partial charge in [-0.3, -0.25) is 9.59 Å². The maximum absolute atomic E-state index is 12.6. The first-order valence-electron chi connectivity index (χ1n) is 11.4. The molecule has 2 aromatic carbocycles. The molecule has 4 aromatic rings. The summed E-state index contributed by atoms with van der Waals surface area (Å²) in [6.45, 7) is 0.427. The van der Waals surface area contributed by atoms with Crippen LogP contribution in [0.2, 0.25) is 0 Å². The highest BCUT2D eigenvalue weighted by Gasteiger charge is 2.51. The summed E-state index contributed by atoms with van der Waals surface area (Å²) in [4.78, 5) is 31.5. The molecule has 2 aliphatic heterocycles. The van der Waals surface area contributed by atoms with Crippen LogP contribution >= 0.6 is 0 Å². The van der Waals surface area contributed by atoms with Crippen molar-refractivity contribution in [3.05, 3.63) is 72.1 Å². The molecule has 0 radical (unpaired) electrons. The number of carbonyl (C=O) groups excluding carboxylic acids is 2. The maximum atomic E-state index is 12.6. The van der Waals surface area contributed by atoms with Crippen molar-refractivity contribution in [1.82, 2.24) is 9.97 Å². The van der Waals surface area contributed by atoms with Crippen LogP contribution in [0.4, 0.5) is 0 Å². The number of rotatable bonds is 6. The zero-order valence-corrected chi connectivity index (χ0v) is 18.4. The summed E-state index contributed by atoms with van der Waals surface area (Å²) in [7, 11) is 0. The van der Waals surface area contributed by atoms with Gasteiger partial charge in [0.15, 0.2) is 12.2 Å². The summed E-state index contributed by atoms with van der Waals surface area (Å²) in [5.74, 6) is -0.690. The van der Waals surface area contributed by atoms with Gasteiger partial charge in [0.25, 0.3) is 0 Å². The minimum atomic E-state index is -0.528. The minimum Gasteiger partial charge on any atom is -0.457 e. The smallest absolute Gasteiger partial charge is 0.310 e. The quantitative estimate of drug-likeness (QED) is 0.429. The zero-order chi connectivity index (χ0) is 23.1. The van der Waals surface area contributed by atoms with E-state index < -0.39 is 24.4 Å². The molecule has 8 heteroatoms. The molecule has 2 unspecified atom stereocenters. The van der Waals surface area contributed by atoms with E-state index in [1.165, 1.54) is 0 Å². The predicted molar refractivity (Wildman–Crippen MR) is 123 cm³/mol. The summed E-state index contributed by atoms with van der Waals surface area (Å²) >= 11 is 0. The third-order valence-electron chi connectivity index (χ3n) is 6.55. The number of aromatic nitrogens is 2. The number of benzene rings is 2. The first-order valence-corrected chi connectivity index (χ1v) is 11.4. The van der Waals surface area contributed by atoms with Gasteiger partial charge in [-0.05, 0) is 23.3 Å². The van der Waals surface area contributed by atoms with E-state index in [4.69, 9.17) is 18.9 Å². The van der Waals surface area contributed by atoms with Crippen molar-refractivity contribution in [2.45, 2.75) is 37.3 Å². The van der Waals surface area contributed by atoms with Crippen molar-refractivity contribution in [2.24, 2.45) is 0 Å². The summed E-state index contributed by atoms with van der Waals surface area (Å²) in [5, 5.41) is 2.00. The number of H-pyrrole nitrogens is 2. The van der Waals surface area contributed by atoms with Crippen molar-refractivity contribution in [1.29, 1.82) is 0 Å². The fraction of sp³-hybridized carbons (Fsp3) is 0.308. The second kappa shape index (κ2) is 8.62. The average Bonchev–Trinajstić information content (AvgIpc) is 3.61. The Bertz CT molecular complexity index is 1250. The van der Waals surface area contributed by atoms with E-state index in [0.717, 1.165) is 32.9 Å². The molecule has 8 nitrogen and oxygen atoms in total. The highest BCUT2D eigenvalue weighted by atomic mass is 16.7. The highest BCUT2D eigenvalue weighted by Crippen LogP contribution is 2.31. The van der Waals surface area contributed by atoms with Gasteiger partial charge in [-0.1, -0.05) is 36.4 Å². The average molecular weight is 460 g/mol. The number of fused-ring (bicyclic) bond motifs is 3. The molecular formula is C26H24N2O6. The van der Waals surface area contributed by atoms with Gasteiger partial charge in [-0.15, -0.1) is 0 Å². The summed E-state index contributed by atoms with van der Waals surface area (Å²) in [6, 6.07) is 15.6. The lowest BCUT2D eigenvalue weighted by atomic mass is 10.1. The van der Waals surface area contributed by atoms with E-state index in [2.05, 4.69) is 9.97 Å². The Kier molecular flexibility index (Phi) is 5.31. The van der Waals surface area contributed by atoms with Gasteiger partial charge >= 0.3 is 11.9 Å². The summed E-state index contributed by atoms with van der Waals surface area (Å²) < 4.78 is 23.0. The van der Waals surface area contributed by atoms with Crippen molar-refractivity contribution in [2.75, 3.05) is 13.2 Å². The Labute approximate surface area is 195 Å². The molecule has 2 aromatic heterocycles. The topological polar surface area (TPSA) is 103 Å². The van der Waals surface area contributed by atoms with Gasteiger partial charge in [0.2, 0.25) is 0 Å². The number of hydrogen-bond donors (Lipinski definition) is 2. The lowest BCUT2D eigenvalue weighted by molar-refractivity contribution is -0.154. The van der Waals surface area contributed by atoms with E-state index in [0.29, 0.717) is 0 Å². The number of carbonyl (C=O) groups is 2. The molecule has 2 N–H and O–H groups in total. The van der Waals surface area contributed by atoms with Crippen LogP contribution in [0.25, 0.3) is 21.8 Å². The number of aromatic amines is 2. The van der Waals surface area contributed by atoms with Crippen LogP contribution in [0, 0.1) is 0 Å². The molecule has 0 bridgehead atoms. The van der Waals surface area contributed by atoms with E-state index in [1.807, 2.05) is 60.9 Å². The summed E-state index contributed by atoms with van der Waals surface area (Å²) in [5.41, 5.74) is 3.72. The monoisotopic (exact) mass is 460 g/mol. The van der Waals surface area contributed by atoms with Gasteiger partial charge in [0.1, 0.15) is 12.2 Å². The second-order valence-electron chi connectivity index (χ2n) is 8.73. The molecule has 0 saturated carbocycles. The van der Waals surface area contributed by atoms with E-state index in [1.54, 1.807) is 0 Å². The van der Waals surface area contributed by atoms with Gasteiger partial charge in [-0.25, -0.2) is 0 Å². The van der Waals surface area contributed by atoms with Crippen LogP contribution in [0.3, 0.4) is 0 Å². The fourth-order valence-electron chi connectivity index (χ4n) is 4.92. The normalized spacial score (nSPS) is 23.9. The zero-order valence-electron chi connectivity index (χ0n) is 18.4. The van der Waals surface area contributed by atoms with Crippen LogP contribution in [-0.4, -0.2) is 59.5 Å². The minimum absolute atomic E-state index is 0.154. The molecule has 2 aliphatic rings. The molecule has 2 saturated heterocycles. The van der Waals surface area contributed by atoms with Crippen molar-refractivity contribution in [3.8, 4) is 0 Å². The number of hydrogen-bond acceptors (Lipinski definition) is 6. The van der Waals surface area contributed by atoms with Gasteiger partial charge < -0.3 is 28.9 Å². The number of esters is 2. The van der Waals surface area contributed by atoms with Crippen molar-refractivity contribution in [3.63, 3.8) is 0 Å². The lowest BCUT2D eigenvalue weighted by Gasteiger charge is -2.17. The Morgan fingerprint density at radius 2 is 1.18 bits per heavy atom. The first-order chi connectivity index (χ1) is 16.7. The highest BCUT2D eigenvalue weighted by molar-refractivity contribution is 5.88. The van der Waals surface area contributed by atoms with Crippen molar-refractivity contribution < 1.29 is 28.5 Å². The Morgan fingerprint density at radius 3 is 1.65 bits per heavy atom.